The van der Waals surface area contributed by atoms with Gasteiger partial charge in [0.25, 0.3) is 0 Å². The lowest BCUT2D eigenvalue weighted by atomic mass is 10.0. The molecular weight excluding hydrogens is 160 g/mol. The highest BCUT2D eigenvalue weighted by Gasteiger charge is 2.11. The average Bonchev–Trinajstić information content (AvgIpc) is 2.55. The summed E-state index contributed by atoms with van der Waals surface area (Å²) in [5.74, 6) is 1.08. The molecule has 0 amide bonds. The fraction of sp³-hybridized carbons (Fsp3) is 0.727. The molecule has 13 heavy (non-hydrogen) atoms. The molecule has 0 saturated carbocycles. The lowest BCUT2D eigenvalue weighted by molar-refractivity contribution is 0.759. The quantitative estimate of drug-likeness (QED) is 0.742. The molecule has 0 atom stereocenters. The van der Waals surface area contributed by atoms with Gasteiger partial charge < -0.3 is 4.98 Å². The third kappa shape index (κ3) is 3.21. The van der Waals surface area contributed by atoms with Gasteiger partial charge in [-0.25, -0.2) is 4.98 Å². The van der Waals surface area contributed by atoms with Gasteiger partial charge >= 0.3 is 0 Å². The highest BCUT2D eigenvalue weighted by molar-refractivity contribution is 5.17. The number of aromatic nitrogens is 2. The van der Waals surface area contributed by atoms with Crippen LogP contribution in [0.25, 0.3) is 0 Å². The molecular formula is C11H22N2. The molecule has 76 valence electrons. The standard InChI is InChI=1S/C9H16N2.C2H6/c1-6(2)8-9(7(3)4)11-5-10-8;1-2/h5-7H,1-4H3,(H,10,11);1-2H3. The Morgan fingerprint density at radius 2 is 1.62 bits per heavy atom. The van der Waals surface area contributed by atoms with Crippen molar-refractivity contribution in [3.05, 3.63) is 17.7 Å². The minimum atomic E-state index is 0.527. The summed E-state index contributed by atoms with van der Waals surface area (Å²) in [7, 11) is 0. The summed E-state index contributed by atoms with van der Waals surface area (Å²) < 4.78 is 0. The van der Waals surface area contributed by atoms with Gasteiger partial charge in [-0.3, -0.25) is 0 Å². The summed E-state index contributed by atoms with van der Waals surface area (Å²) in [5, 5.41) is 0. The van der Waals surface area contributed by atoms with Crippen LogP contribution in [-0.2, 0) is 0 Å². The maximum atomic E-state index is 4.28. The summed E-state index contributed by atoms with van der Waals surface area (Å²) in [6, 6.07) is 0. The molecule has 0 saturated heterocycles. The monoisotopic (exact) mass is 182 g/mol. The molecule has 0 unspecified atom stereocenters. The van der Waals surface area contributed by atoms with E-state index in [1.54, 1.807) is 6.33 Å². The zero-order valence-electron chi connectivity index (χ0n) is 9.68. The third-order valence-electron chi connectivity index (χ3n) is 1.82. The lowest BCUT2D eigenvalue weighted by Crippen LogP contribution is -1.96. The first-order chi connectivity index (χ1) is 6.13. The van der Waals surface area contributed by atoms with Crippen molar-refractivity contribution < 1.29 is 0 Å². The Kier molecular flexibility index (Phi) is 5.44. The Bertz CT molecular complexity index is 201. The maximum Gasteiger partial charge on any atom is 0.0925 e. The van der Waals surface area contributed by atoms with Gasteiger partial charge in [0, 0.05) is 5.69 Å². The number of nitrogens with one attached hydrogen (secondary N) is 1. The minimum absolute atomic E-state index is 0.527. The van der Waals surface area contributed by atoms with Gasteiger partial charge in [0.05, 0.1) is 12.0 Å². The first-order valence-electron chi connectivity index (χ1n) is 5.16. The molecule has 0 aromatic carbocycles. The van der Waals surface area contributed by atoms with Gasteiger partial charge in [-0.1, -0.05) is 41.5 Å². The Labute approximate surface area is 81.8 Å². The number of aromatic amines is 1. The van der Waals surface area contributed by atoms with Crippen molar-refractivity contribution in [2.24, 2.45) is 0 Å². The van der Waals surface area contributed by atoms with E-state index in [-0.39, 0.29) is 0 Å². The first kappa shape index (κ1) is 12.2. The Morgan fingerprint density at radius 3 is 1.92 bits per heavy atom. The van der Waals surface area contributed by atoms with Gasteiger partial charge in [-0.2, -0.15) is 0 Å². The zero-order chi connectivity index (χ0) is 10.4. The fourth-order valence-corrected chi connectivity index (χ4v) is 1.24. The Morgan fingerprint density at radius 1 is 1.08 bits per heavy atom. The lowest BCUT2D eigenvalue weighted by Gasteiger charge is -2.07. The van der Waals surface area contributed by atoms with E-state index in [4.69, 9.17) is 0 Å². The smallest absolute Gasteiger partial charge is 0.0925 e. The molecule has 2 heteroatoms. The van der Waals surface area contributed by atoms with Crippen LogP contribution in [0.2, 0.25) is 0 Å². The summed E-state index contributed by atoms with van der Waals surface area (Å²) in [6.45, 7) is 12.7. The molecule has 0 aliphatic heterocycles. The van der Waals surface area contributed by atoms with E-state index in [9.17, 15) is 0 Å². The SMILES string of the molecule is CC.CC(C)c1nc[nH]c1C(C)C. The molecule has 0 bridgehead atoms. The molecule has 1 rings (SSSR count). The van der Waals surface area contributed by atoms with E-state index in [0.29, 0.717) is 11.8 Å². The number of nitrogens with zero attached hydrogens (tertiary/aromatic N) is 1. The molecule has 1 N–H and O–H groups in total. The molecule has 0 fully saturated rings. The topological polar surface area (TPSA) is 28.7 Å². The van der Waals surface area contributed by atoms with Crippen LogP contribution in [-0.4, -0.2) is 9.97 Å². The van der Waals surface area contributed by atoms with E-state index < -0.39 is 0 Å². The van der Waals surface area contributed by atoms with Crippen molar-refractivity contribution in [1.29, 1.82) is 0 Å². The van der Waals surface area contributed by atoms with Gasteiger partial charge in [-0.15, -0.1) is 0 Å². The van der Waals surface area contributed by atoms with E-state index in [1.807, 2.05) is 13.8 Å². The maximum absolute atomic E-state index is 4.28. The molecule has 0 aliphatic carbocycles. The van der Waals surface area contributed by atoms with E-state index in [1.165, 1.54) is 11.4 Å². The molecule has 0 aliphatic rings. The van der Waals surface area contributed by atoms with Crippen molar-refractivity contribution in [1.82, 2.24) is 9.97 Å². The van der Waals surface area contributed by atoms with Crippen molar-refractivity contribution in [2.45, 2.75) is 53.4 Å². The largest absolute Gasteiger partial charge is 0.348 e. The predicted octanol–water partition coefficient (Wildman–Crippen LogP) is 3.68. The summed E-state index contributed by atoms with van der Waals surface area (Å²) in [5.41, 5.74) is 2.49. The van der Waals surface area contributed by atoms with Crippen LogP contribution in [0.5, 0.6) is 0 Å². The van der Waals surface area contributed by atoms with Crippen LogP contribution < -0.4 is 0 Å². The van der Waals surface area contributed by atoms with Crippen LogP contribution in [0.1, 0.15) is 64.8 Å². The summed E-state index contributed by atoms with van der Waals surface area (Å²) >= 11 is 0. The van der Waals surface area contributed by atoms with Gasteiger partial charge in [-0.05, 0) is 11.8 Å². The Balaban J connectivity index is 0.000000671. The predicted molar refractivity (Wildman–Crippen MR) is 58.1 cm³/mol. The van der Waals surface area contributed by atoms with Crippen LogP contribution >= 0.6 is 0 Å². The number of hydrogen-bond donors (Lipinski definition) is 1. The normalized spacial score (nSPS) is 10.2. The fourth-order valence-electron chi connectivity index (χ4n) is 1.24. The van der Waals surface area contributed by atoms with Gasteiger partial charge in [0.2, 0.25) is 0 Å². The third-order valence-corrected chi connectivity index (χ3v) is 1.82. The van der Waals surface area contributed by atoms with Gasteiger partial charge in [0.15, 0.2) is 0 Å². The van der Waals surface area contributed by atoms with Crippen LogP contribution in [0.4, 0.5) is 0 Å². The zero-order valence-corrected chi connectivity index (χ0v) is 9.68. The number of H-pyrrole nitrogens is 1. The van der Waals surface area contributed by atoms with Crippen LogP contribution in [0.15, 0.2) is 6.33 Å². The second kappa shape index (κ2) is 5.79. The number of rotatable bonds is 2. The van der Waals surface area contributed by atoms with Crippen molar-refractivity contribution >= 4 is 0 Å². The number of imidazole rings is 1. The van der Waals surface area contributed by atoms with Crippen molar-refractivity contribution in [3.63, 3.8) is 0 Å². The molecule has 1 heterocycles. The molecule has 1 aromatic heterocycles. The second-order valence-corrected chi connectivity index (χ2v) is 3.51. The van der Waals surface area contributed by atoms with E-state index in [2.05, 4.69) is 37.7 Å². The highest BCUT2D eigenvalue weighted by atomic mass is 14.9. The molecule has 0 spiro atoms. The summed E-state index contributed by atoms with van der Waals surface area (Å²) in [4.78, 5) is 7.46. The first-order valence-corrected chi connectivity index (χ1v) is 5.16. The average molecular weight is 182 g/mol. The van der Waals surface area contributed by atoms with E-state index in [0.717, 1.165) is 0 Å². The second-order valence-electron chi connectivity index (χ2n) is 3.51. The molecule has 2 nitrogen and oxygen atoms in total. The molecule has 0 radical (unpaired) electrons. The highest BCUT2D eigenvalue weighted by Crippen LogP contribution is 2.21. The Hall–Kier alpha value is -0.790. The minimum Gasteiger partial charge on any atom is -0.348 e. The molecule has 1 aromatic rings. The van der Waals surface area contributed by atoms with Crippen molar-refractivity contribution in [3.8, 4) is 0 Å². The summed E-state index contributed by atoms with van der Waals surface area (Å²) in [6.07, 6.45) is 1.78. The van der Waals surface area contributed by atoms with Crippen molar-refractivity contribution in [2.75, 3.05) is 0 Å². The van der Waals surface area contributed by atoms with Gasteiger partial charge in [0.1, 0.15) is 0 Å². The van der Waals surface area contributed by atoms with Crippen LogP contribution in [0.3, 0.4) is 0 Å². The van der Waals surface area contributed by atoms with E-state index >= 15 is 0 Å². The number of hydrogen-bond acceptors (Lipinski definition) is 1. The van der Waals surface area contributed by atoms with Crippen LogP contribution in [0, 0.1) is 0 Å².